The lowest BCUT2D eigenvalue weighted by Crippen LogP contribution is -2.45. The van der Waals surface area contributed by atoms with Gasteiger partial charge in [-0.1, -0.05) is 41.5 Å². The van der Waals surface area contributed by atoms with Crippen molar-refractivity contribution < 1.29 is 18.7 Å². The number of hydrogen-bond acceptors (Lipinski definition) is 4. The Labute approximate surface area is 162 Å². The highest BCUT2D eigenvalue weighted by molar-refractivity contribution is 6.74. The summed E-state index contributed by atoms with van der Waals surface area (Å²) in [4.78, 5) is 0. The van der Waals surface area contributed by atoms with Crippen molar-refractivity contribution in [2.24, 2.45) is 17.3 Å². The van der Waals surface area contributed by atoms with Gasteiger partial charge in [-0.25, -0.2) is 0 Å². The van der Waals surface area contributed by atoms with Gasteiger partial charge >= 0.3 is 0 Å². The summed E-state index contributed by atoms with van der Waals surface area (Å²) in [6, 6.07) is 0. The molecule has 2 saturated carbocycles. The predicted molar refractivity (Wildman–Crippen MR) is 110 cm³/mol. The number of aliphatic hydroxyl groups excluding tert-OH is 1. The fourth-order valence-electron chi connectivity index (χ4n) is 4.28. The highest BCUT2D eigenvalue weighted by Crippen LogP contribution is 2.75. The van der Waals surface area contributed by atoms with Crippen LogP contribution >= 0.6 is 0 Å². The van der Waals surface area contributed by atoms with Crippen molar-refractivity contribution in [3.8, 4) is 0 Å². The zero-order valence-electron chi connectivity index (χ0n) is 18.5. The monoisotopic (exact) mass is 400 g/mol. The van der Waals surface area contributed by atoms with E-state index < -0.39 is 16.6 Å². The molecule has 0 radical (unpaired) electrons. The van der Waals surface area contributed by atoms with Gasteiger partial charge in [-0.05, 0) is 36.3 Å². The maximum absolute atomic E-state index is 10.7. The molecule has 4 fully saturated rings. The van der Waals surface area contributed by atoms with Crippen LogP contribution < -0.4 is 0 Å². The van der Waals surface area contributed by atoms with Gasteiger partial charge in [0.05, 0.1) is 18.3 Å². The number of ether oxygens (including phenoxy) is 1. The van der Waals surface area contributed by atoms with Crippen LogP contribution in [-0.2, 0) is 13.6 Å². The molecule has 0 aromatic carbocycles. The molecule has 2 saturated heterocycles. The number of hydrogen-bond donors (Lipinski definition) is 1. The SMILES string of the molecule is CC(C)(C)[Si](C)(C)OC[C@@H]1[C@@H]2O[C@H]3[C@@H]([C@H]2O)[C@@]13CO[Si](C)(C)C(C)(C)C. The largest absolute Gasteiger partial charge is 0.416 e. The lowest BCUT2D eigenvalue weighted by molar-refractivity contribution is 0.0215. The van der Waals surface area contributed by atoms with E-state index in [1.807, 2.05) is 0 Å². The molecule has 0 aromatic rings. The molecule has 6 atom stereocenters. The molecule has 0 unspecified atom stereocenters. The molecular formula is C20H40O4Si2. The summed E-state index contributed by atoms with van der Waals surface area (Å²) < 4.78 is 19.3. The average molecular weight is 401 g/mol. The molecule has 2 heterocycles. The van der Waals surface area contributed by atoms with Crippen LogP contribution in [0.4, 0.5) is 0 Å². The van der Waals surface area contributed by atoms with Crippen molar-refractivity contribution in [3.05, 3.63) is 0 Å². The van der Waals surface area contributed by atoms with Gasteiger partial charge in [0.1, 0.15) is 0 Å². The molecule has 2 aliphatic heterocycles. The fourth-order valence-corrected chi connectivity index (χ4v) is 6.36. The van der Waals surface area contributed by atoms with Crippen LogP contribution in [-0.4, -0.2) is 53.3 Å². The van der Waals surface area contributed by atoms with Gasteiger partial charge in [0, 0.05) is 30.5 Å². The second-order valence-corrected chi connectivity index (χ2v) is 21.5. The van der Waals surface area contributed by atoms with E-state index in [0.29, 0.717) is 6.61 Å². The third-order valence-corrected chi connectivity index (χ3v) is 17.4. The van der Waals surface area contributed by atoms with Crippen molar-refractivity contribution in [2.75, 3.05) is 13.2 Å². The zero-order chi connectivity index (χ0) is 19.9. The van der Waals surface area contributed by atoms with Crippen LogP contribution in [0.15, 0.2) is 0 Å². The van der Waals surface area contributed by atoms with Gasteiger partial charge in [-0.15, -0.1) is 0 Å². The smallest absolute Gasteiger partial charge is 0.192 e. The Hall–Kier alpha value is 0.274. The highest BCUT2D eigenvalue weighted by Gasteiger charge is 2.85. The van der Waals surface area contributed by atoms with Crippen LogP contribution in [0.5, 0.6) is 0 Å². The van der Waals surface area contributed by atoms with Crippen molar-refractivity contribution in [3.63, 3.8) is 0 Å². The van der Waals surface area contributed by atoms with Crippen LogP contribution in [0.1, 0.15) is 41.5 Å². The van der Waals surface area contributed by atoms with E-state index in [-0.39, 0.29) is 45.6 Å². The minimum atomic E-state index is -1.81. The van der Waals surface area contributed by atoms with Gasteiger partial charge < -0.3 is 18.7 Å². The molecule has 0 aromatic heterocycles. The average Bonchev–Trinajstić information content (AvgIpc) is 2.68. The van der Waals surface area contributed by atoms with Crippen LogP contribution in [0.25, 0.3) is 0 Å². The normalized spacial score (nSPS) is 39.6. The molecule has 1 N–H and O–H groups in total. The second-order valence-electron chi connectivity index (χ2n) is 11.9. The molecule has 4 nitrogen and oxygen atoms in total. The molecule has 2 aliphatic carbocycles. The van der Waals surface area contributed by atoms with E-state index in [0.717, 1.165) is 6.61 Å². The highest BCUT2D eigenvalue weighted by atomic mass is 28.4. The molecule has 6 heteroatoms. The fraction of sp³-hybridized carbons (Fsp3) is 1.00. The topological polar surface area (TPSA) is 47.9 Å². The number of rotatable bonds is 6. The second kappa shape index (κ2) is 5.89. The summed E-state index contributed by atoms with van der Waals surface area (Å²) in [7, 11) is -3.62. The molecule has 4 aliphatic rings. The van der Waals surface area contributed by atoms with Gasteiger partial charge in [-0.2, -0.15) is 0 Å². The first kappa shape index (κ1) is 21.0. The summed E-state index contributed by atoms with van der Waals surface area (Å²) in [5, 5.41) is 11.0. The third kappa shape index (κ3) is 2.91. The standard InChI is InChI=1S/C20H40O4Si2/c1-18(2,3)25(7,8)22-11-13-16-15(21)14-17(24-16)20(13,14)12-23-26(9,10)19(4,5)6/h13-17,21H,11-12H2,1-10H3/t13-,14-,15-,16+,17+,20-/m1/s1. The zero-order valence-corrected chi connectivity index (χ0v) is 20.5. The van der Waals surface area contributed by atoms with Gasteiger partial charge in [0.15, 0.2) is 16.6 Å². The third-order valence-electron chi connectivity index (χ3n) is 8.38. The Bertz CT molecular complexity index is 561. The van der Waals surface area contributed by atoms with Gasteiger partial charge in [0.2, 0.25) is 0 Å². The first-order chi connectivity index (χ1) is 11.6. The Balaban J connectivity index is 1.71. The molecular weight excluding hydrogens is 360 g/mol. The van der Waals surface area contributed by atoms with Gasteiger partial charge in [-0.3, -0.25) is 0 Å². The van der Waals surface area contributed by atoms with E-state index >= 15 is 0 Å². The molecule has 0 spiro atoms. The molecule has 4 rings (SSSR count). The minimum Gasteiger partial charge on any atom is -0.416 e. The van der Waals surface area contributed by atoms with E-state index in [2.05, 4.69) is 67.7 Å². The van der Waals surface area contributed by atoms with Gasteiger partial charge in [0.25, 0.3) is 0 Å². The summed E-state index contributed by atoms with van der Waals surface area (Å²) >= 11 is 0. The Morgan fingerprint density at radius 3 is 1.85 bits per heavy atom. The molecule has 152 valence electrons. The molecule has 4 bridgehead atoms. The summed E-state index contributed by atoms with van der Waals surface area (Å²) in [5.41, 5.74) is -0.0119. The van der Waals surface area contributed by atoms with E-state index in [1.54, 1.807) is 0 Å². The molecule has 26 heavy (non-hydrogen) atoms. The lowest BCUT2D eigenvalue weighted by atomic mass is 9.92. The van der Waals surface area contributed by atoms with Crippen molar-refractivity contribution in [2.45, 2.75) is 96.1 Å². The summed E-state index contributed by atoms with van der Waals surface area (Å²) in [6.07, 6.45) is -0.214. The van der Waals surface area contributed by atoms with Crippen molar-refractivity contribution >= 4 is 16.6 Å². The number of aliphatic hydroxyl groups is 1. The first-order valence-corrected chi connectivity index (χ1v) is 16.0. The van der Waals surface area contributed by atoms with E-state index in [1.165, 1.54) is 0 Å². The predicted octanol–water partition coefficient (Wildman–Crippen LogP) is 4.40. The van der Waals surface area contributed by atoms with Crippen LogP contribution in [0.3, 0.4) is 0 Å². The van der Waals surface area contributed by atoms with Crippen LogP contribution in [0, 0.1) is 17.3 Å². The van der Waals surface area contributed by atoms with Crippen molar-refractivity contribution in [1.29, 1.82) is 0 Å². The van der Waals surface area contributed by atoms with E-state index in [9.17, 15) is 5.11 Å². The lowest BCUT2D eigenvalue weighted by Gasteiger charge is -2.39. The Morgan fingerprint density at radius 1 is 0.923 bits per heavy atom. The molecule has 0 amide bonds. The summed E-state index contributed by atoms with van der Waals surface area (Å²) in [6.45, 7) is 24.3. The minimum absolute atomic E-state index is 0.0119. The van der Waals surface area contributed by atoms with E-state index in [4.69, 9.17) is 13.6 Å². The maximum atomic E-state index is 10.7. The van der Waals surface area contributed by atoms with Crippen molar-refractivity contribution in [1.82, 2.24) is 0 Å². The summed E-state index contributed by atoms with van der Waals surface area (Å²) in [5.74, 6) is 0.525. The maximum Gasteiger partial charge on any atom is 0.192 e. The Morgan fingerprint density at radius 2 is 1.42 bits per heavy atom. The van der Waals surface area contributed by atoms with Crippen LogP contribution in [0.2, 0.25) is 36.3 Å². The quantitative estimate of drug-likeness (QED) is 0.671. The first-order valence-electron chi connectivity index (χ1n) is 10.2. The Kier molecular flexibility index (Phi) is 4.76.